The zero-order chi connectivity index (χ0) is 20.2. The Bertz CT molecular complexity index is 1110. The first-order chi connectivity index (χ1) is 14.8. The molecule has 3 heterocycles. The van der Waals surface area contributed by atoms with Crippen LogP contribution in [-0.4, -0.2) is 56.5 Å². The van der Waals surface area contributed by atoms with Crippen molar-refractivity contribution in [3.05, 3.63) is 67.1 Å². The largest absolute Gasteiger partial charge is 0.378 e. The maximum Gasteiger partial charge on any atom is 0.227 e. The van der Waals surface area contributed by atoms with Crippen LogP contribution >= 0.6 is 0 Å². The minimum absolute atomic E-state index is 0.541. The van der Waals surface area contributed by atoms with E-state index in [1.807, 2.05) is 30.3 Å². The third-order valence-electron chi connectivity index (χ3n) is 4.91. The monoisotopic (exact) mass is 400 g/mol. The number of hydrogen-bond donors (Lipinski definition) is 1. The van der Waals surface area contributed by atoms with Gasteiger partial charge in [0.15, 0.2) is 0 Å². The number of anilines is 3. The van der Waals surface area contributed by atoms with Gasteiger partial charge in [-0.25, -0.2) is 14.6 Å². The summed E-state index contributed by atoms with van der Waals surface area (Å²) in [5, 5.41) is 14.4. The van der Waals surface area contributed by atoms with Gasteiger partial charge in [-0.05, 0) is 52.9 Å². The number of nitrogens with zero attached hydrogens (tertiary/aromatic N) is 7. The molecule has 5 rings (SSSR count). The van der Waals surface area contributed by atoms with Gasteiger partial charge in [-0.3, -0.25) is 0 Å². The van der Waals surface area contributed by atoms with Crippen LogP contribution < -0.4 is 10.2 Å². The highest BCUT2D eigenvalue weighted by Crippen LogP contribution is 2.25. The highest BCUT2D eigenvalue weighted by atomic mass is 16.5. The van der Waals surface area contributed by atoms with Crippen molar-refractivity contribution in [1.82, 2.24) is 30.2 Å². The van der Waals surface area contributed by atoms with Gasteiger partial charge in [0.2, 0.25) is 5.95 Å². The molecule has 0 spiro atoms. The molecule has 0 radical (unpaired) electrons. The van der Waals surface area contributed by atoms with Gasteiger partial charge < -0.3 is 15.0 Å². The third kappa shape index (κ3) is 3.96. The fraction of sp³-hybridized carbons (Fsp3) is 0.190. The van der Waals surface area contributed by atoms with E-state index >= 15 is 0 Å². The molecule has 1 aliphatic rings. The topological polar surface area (TPSA) is 93.9 Å². The molecule has 150 valence electrons. The van der Waals surface area contributed by atoms with E-state index in [1.165, 1.54) is 5.69 Å². The highest BCUT2D eigenvalue weighted by molar-refractivity contribution is 5.67. The van der Waals surface area contributed by atoms with Crippen molar-refractivity contribution in [2.75, 3.05) is 36.5 Å². The molecule has 1 fully saturated rings. The highest BCUT2D eigenvalue weighted by Gasteiger charge is 2.12. The molecule has 9 nitrogen and oxygen atoms in total. The molecule has 1 saturated heterocycles. The second-order valence-corrected chi connectivity index (χ2v) is 6.84. The lowest BCUT2D eigenvalue weighted by atomic mass is 10.1. The number of ether oxygens (including phenoxy) is 1. The van der Waals surface area contributed by atoms with E-state index in [2.05, 4.69) is 55.0 Å². The van der Waals surface area contributed by atoms with Crippen molar-refractivity contribution < 1.29 is 4.74 Å². The number of benzene rings is 2. The number of hydrogen-bond acceptors (Lipinski definition) is 8. The van der Waals surface area contributed by atoms with Crippen molar-refractivity contribution >= 4 is 17.3 Å². The standard InChI is InChI=1S/C21H20N8O/c1-2-16(14-19(3-1)28-10-12-30-13-11-28)20-8-9-22-21(25-20)24-17-4-6-18(7-5-17)29-15-23-26-27-29/h1-9,14-15H,10-13H2,(H,22,24,25). The van der Waals surface area contributed by atoms with Crippen molar-refractivity contribution in [3.8, 4) is 16.9 Å². The van der Waals surface area contributed by atoms with Gasteiger partial charge in [0.05, 0.1) is 24.6 Å². The number of morpholine rings is 1. The number of tetrazole rings is 1. The first-order valence-electron chi connectivity index (χ1n) is 9.72. The quantitative estimate of drug-likeness (QED) is 0.547. The molecule has 4 aromatic rings. The average Bonchev–Trinajstić information content (AvgIpc) is 3.36. The van der Waals surface area contributed by atoms with Crippen LogP contribution in [0.5, 0.6) is 0 Å². The molecule has 0 saturated carbocycles. The molecule has 2 aromatic heterocycles. The van der Waals surface area contributed by atoms with E-state index in [4.69, 9.17) is 9.72 Å². The first-order valence-corrected chi connectivity index (χ1v) is 9.72. The van der Waals surface area contributed by atoms with Crippen LogP contribution in [0.3, 0.4) is 0 Å². The number of aromatic nitrogens is 6. The zero-order valence-corrected chi connectivity index (χ0v) is 16.2. The molecule has 0 bridgehead atoms. The van der Waals surface area contributed by atoms with Crippen LogP contribution in [0.25, 0.3) is 16.9 Å². The fourth-order valence-electron chi connectivity index (χ4n) is 3.37. The molecule has 1 aliphatic heterocycles. The van der Waals surface area contributed by atoms with Crippen molar-refractivity contribution in [1.29, 1.82) is 0 Å². The van der Waals surface area contributed by atoms with E-state index in [-0.39, 0.29) is 0 Å². The van der Waals surface area contributed by atoms with Gasteiger partial charge in [-0.1, -0.05) is 12.1 Å². The minimum Gasteiger partial charge on any atom is -0.378 e. The summed E-state index contributed by atoms with van der Waals surface area (Å²) < 4.78 is 7.05. The lowest BCUT2D eigenvalue weighted by Gasteiger charge is -2.29. The predicted octanol–water partition coefficient (Wildman–Crippen LogP) is 2.70. The number of nitrogens with one attached hydrogen (secondary N) is 1. The summed E-state index contributed by atoms with van der Waals surface area (Å²) in [5.74, 6) is 0.541. The van der Waals surface area contributed by atoms with E-state index < -0.39 is 0 Å². The second-order valence-electron chi connectivity index (χ2n) is 6.84. The molecule has 0 amide bonds. The number of rotatable bonds is 5. The summed E-state index contributed by atoms with van der Waals surface area (Å²) in [6.07, 6.45) is 3.32. The predicted molar refractivity (Wildman–Crippen MR) is 113 cm³/mol. The van der Waals surface area contributed by atoms with E-state index in [0.717, 1.165) is 48.9 Å². The maximum atomic E-state index is 5.46. The molecule has 0 aliphatic carbocycles. The van der Waals surface area contributed by atoms with Crippen molar-refractivity contribution in [3.63, 3.8) is 0 Å². The Morgan fingerprint density at radius 2 is 1.80 bits per heavy atom. The van der Waals surface area contributed by atoms with E-state index in [0.29, 0.717) is 5.95 Å². The molecule has 9 heteroatoms. The lowest BCUT2D eigenvalue weighted by molar-refractivity contribution is 0.122. The summed E-state index contributed by atoms with van der Waals surface area (Å²) in [7, 11) is 0. The van der Waals surface area contributed by atoms with Gasteiger partial charge in [0.1, 0.15) is 6.33 Å². The van der Waals surface area contributed by atoms with Crippen LogP contribution in [0.1, 0.15) is 0 Å². The Hall–Kier alpha value is -3.85. The van der Waals surface area contributed by atoms with Gasteiger partial charge >= 0.3 is 0 Å². The molecule has 30 heavy (non-hydrogen) atoms. The second kappa shape index (κ2) is 8.26. The lowest BCUT2D eigenvalue weighted by Crippen LogP contribution is -2.36. The van der Waals surface area contributed by atoms with E-state index in [1.54, 1.807) is 17.2 Å². The molecule has 0 unspecified atom stereocenters. The smallest absolute Gasteiger partial charge is 0.227 e. The van der Waals surface area contributed by atoms with Crippen LogP contribution in [0, 0.1) is 0 Å². The van der Waals surface area contributed by atoms with Gasteiger partial charge in [0.25, 0.3) is 0 Å². The van der Waals surface area contributed by atoms with Gasteiger partial charge in [0, 0.05) is 36.2 Å². The van der Waals surface area contributed by atoms with Crippen molar-refractivity contribution in [2.45, 2.75) is 0 Å². The normalized spacial score (nSPS) is 13.9. The maximum absolute atomic E-state index is 5.46. The van der Waals surface area contributed by atoms with Crippen LogP contribution in [-0.2, 0) is 4.74 Å². The Balaban J connectivity index is 1.34. The summed E-state index contributed by atoms with van der Waals surface area (Å²) >= 11 is 0. The van der Waals surface area contributed by atoms with Crippen molar-refractivity contribution in [2.24, 2.45) is 0 Å². The zero-order valence-electron chi connectivity index (χ0n) is 16.2. The Morgan fingerprint density at radius 3 is 2.60 bits per heavy atom. The van der Waals surface area contributed by atoms with E-state index in [9.17, 15) is 0 Å². The minimum atomic E-state index is 0.541. The molecule has 1 N–H and O–H groups in total. The third-order valence-corrected chi connectivity index (χ3v) is 4.91. The summed E-state index contributed by atoms with van der Waals surface area (Å²) in [6.45, 7) is 3.33. The molecule has 0 atom stereocenters. The average molecular weight is 400 g/mol. The SMILES string of the molecule is c1cc(-c2ccnc(Nc3ccc(-n4cnnn4)cc3)n2)cc(N2CCOCC2)c1. The summed E-state index contributed by atoms with van der Waals surface area (Å²) in [6, 6.07) is 18.1. The molecular weight excluding hydrogens is 380 g/mol. The van der Waals surface area contributed by atoms with Gasteiger partial charge in [-0.2, -0.15) is 0 Å². The summed E-state index contributed by atoms with van der Waals surface area (Å²) in [5.41, 5.74) is 4.86. The van der Waals surface area contributed by atoms with Crippen LogP contribution in [0.4, 0.5) is 17.3 Å². The summed E-state index contributed by atoms with van der Waals surface area (Å²) in [4.78, 5) is 11.4. The molecular formula is C21H20N8O. The van der Waals surface area contributed by atoms with Gasteiger partial charge in [-0.15, -0.1) is 5.10 Å². The fourth-order valence-corrected chi connectivity index (χ4v) is 3.37. The Morgan fingerprint density at radius 1 is 0.933 bits per heavy atom. The Kier molecular flexibility index (Phi) is 5.01. The van der Waals surface area contributed by atoms with Crippen LogP contribution in [0.15, 0.2) is 67.1 Å². The Labute approximate surface area is 173 Å². The molecule has 2 aromatic carbocycles. The first kappa shape index (κ1) is 18.2. The van der Waals surface area contributed by atoms with Crippen LogP contribution in [0.2, 0.25) is 0 Å².